The number of hydrogen-bond donors (Lipinski definition) is 2. The fraction of sp³-hybridized carbons (Fsp3) is 0.231. The summed E-state index contributed by atoms with van der Waals surface area (Å²) in [6.45, 7) is 3.29. The molecule has 0 amide bonds. The van der Waals surface area contributed by atoms with Crippen molar-refractivity contribution in [3.05, 3.63) is 39.5 Å². The van der Waals surface area contributed by atoms with E-state index in [9.17, 15) is 0 Å². The number of anilines is 2. The van der Waals surface area contributed by atoms with Crippen LogP contribution in [0.2, 0.25) is 4.34 Å². The molecule has 1 aromatic heterocycles. The Morgan fingerprint density at radius 1 is 1.33 bits per heavy atom. The molecule has 0 aliphatic rings. The summed E-state index contributed by atoms with van der Waals surface area (Å²) < 4.78 is 6.25. The number of halogens is 1. The lowest BCUT2D eigenvalue weighted by Crippen LogP contribution is -2.00. The standard InChI is InChI=1S/C13H15ClN2OS/c1-2-17-12-7-9(3-5-11(12)15)16-8-10-4-6-13(14)18-10/h3-7,16H,2,8,15H2,1H3. The summed E-state index contributed by atoms with van der Waals surface area (Å²) in [5.41, 5.74) is 7.46. The molecule has 2 rings (SSSR count). The molecule has 5 heteroatoms. The van der Waals surface area contributed by atoms with Crippen LogP contribution in [0.15, 0.2) is 30.3 Å². The molecule has 0 unspecified atom stereocenters. The van der Waals surface area contributed by atoms with Gasteiger partial charge in [0, 0.05) is 23.2 Å². The van der Waals surface area contributed by atoms with Crippen LogP contribution in [0.4, 0.5) is 11.4 Å². The van der Waals surface area contributed by atoms with E-state index in [0.29, 0.717) is 18.0 Å². The van der Waals surface area contributed by atoms with Crippen LogP contribution in [0, 0.1) is 0 Å². The van der Waals surface area contributed by atoms with E-state index in [0.717, 1.165) is 16.6 Å². The molecular weight excluding hydrogens is 268 g/mol. The fourth-order valence-corrected chi connectivity index (χ4v) is 2.59. The number of hydrogen-bond acceptors (Lipinski definition) is 4. The van der Waals surface area contributed by atoms with Crippen LogP contribution in [0.5, 0.6) is 5.75 Å². The van der Waals surface area contributed by atoms with Gasteiger partial charge in [-0.3, -0.25) is 0 Å². The highest BCUT2D eigenvalue weighted by molar-refractivity contribution is 7.16. The molecule has 0 spiro atoms. The molecule has 0 atom stereocenters. The quantitative estimate of drug-likeness (QED) is 0.815. The van der Waals surface area contributed by atoms with Crippen LogP contribution in [0.3, 0.4) is 0 Å². The molecule has 3 N–H and O–H groups in total. The number of nitrogen functional groups attached to an aromatic ring is 1. The van der Waals surface area contributed by atoms with Crippen molar-refractivity contribution in [2.75, 3.05) is 17.7 Å². The van der Waals surface area contributed by atoms with Crippen LogP contribution >= 0.6 is 22.9 Å². The smallest absolute Gasteiger partial charge is 0.144 e. The Labute approximate surface area is 116 Å². The number of benzene rings is 1. The second-order valence-electron chi connectivity index (χ2n) is 3.74. The zero-order valence-corrected chi connectivity index (χ0v) is 11.6. The van der Waals surface area contributed by atoms with Gasteiger partial charge in [0.05, 0.1) is 16.6 Å². The van der Waals surface area contributed by atoms with Gasteiger partial charge in [0.15, 0.2) is 0 Å². The predicted molar refractivity (Wildman–Crippen MR) is 78.7 cm³/mol. The molecule has 1 aromatic carbocycles. The molecule has 2 aromatic rings. The third-order valence-corrected chi connectivity index (χ3v) is 3.64. The van der Waals surface area contributed by atoms with Crippen molar-refractivity contribution in [2.45, 2.75) is 13.5 Å². The summed E-state index contributed by atoms with van der Waals surface area (Å²) in [5, 5.41) is 3.32. The molecule has 18 heavy (non-hydrogen) atoms. The summed E-state index contributed by atoms with van der Waals surface area (Å²) >= 11 is 7.46. The minimum absolute atomic E-state index is 0.605. The SMILES string of the molecule is CCOc1cc(NCc2ccc(Cl)s2)ccc1N. The maximum Gasteiger partial charge on any atom is 0.144 e. The summed E-state index contributed by atoms with van der Waals surface area (Å²) in [6, 6.07) is 9.61. The Hall–Kier alpha value is -1.39. The summed E-state index contributed by atoms with van der Waals surface area (Å²) in [7, 11) is 0. The first-order chi connectivity index (χ1) is 8.69. The zero-order chi connectivity index (χ0) is 13.0. The lowest BCUT2D eigenvalue weighted by atomic mass is 10.2. The second kappa shape index (κ2) is 5.98. The molecule has 0 bridgehead atoms. The number of nitrogens with one attached hydrogen (secondary N) is 1. The van der Waals surface area contributed by atoms with Crippen molar-refractivity contribution in [3.63, 3.8) is 0 Å². The third kappa shape index (κ3) is 3.31. The summed E-state index contributed by atoms with van der Waals surface area (Å²) in [5.74, 6) is 0.715. The zero-order valence-electron chi connectivity index (χ0n) is 10.1. The maximum absolute atomic E-state index is 5.88. The molecule has 0 radical (unpaired) electrons. The van der Waals surface area contributed by atoms with Crippen molar-refractivity contribution < 1.29 is 4.74 Å². The van der Waals surface area contributed by atoms with E-state index in [4.69, 9.17) is 22.1 Å². The van der Waals surface area contributed by atoms with E-state index in [-0.39, 0.29) is 0 Å². The second-order valence-corrected chi connectivity index (χ2v) is 5.54. The van der Waals surface area contributed by atoms with Crippen LogP contribution in [0.25, 0.3) is 0 Å². The van der Waals surface area contributed by atoms with Gasteiger partial charge in [-0.1, -0.05) is 11.6 Å². The minimum Gasteiger partial charge on any atom is -0.492 e. The van der Waals surface area contributed by atoms with Crippen LogP contribution in [0.1, 0.15) is 11.8 Å². The Kier molecular flexibility index (Phi) is 4.33. The molecule has 0 saturated carbocycles. The highest BCUT2D eigenvalue weighted by atomic mass is 35.5. The molecule has 96 valence electrons. The first-order valence-electron chi connectivity index (χ1n) is 5.69. The maximum atomic E-state index is 5.88. The lowest BCUT2D eigenvalue weighted by Gasteiger charge is -2.10. The van der Waals surface area contributed by atoms with Gasteiger partial charge < -0.3 is 15.8 Å². The molecule has 0 fully saturated rings. The molecule has 0 saturated heterocycles. The Morgan fingerprint density at radius 2 is 2.17 bits per heavy atom. The van der Waals surface area contributed by atoms with E-state index in [1.807, 2.05) is 37.3 Å². The van der Waals surface area contributed by atoms with E-state index >= 15 is 0 Å². The van der Waals surface area contributed by atoms with Crippen molar-refractivity contribution in [3.8, 4) is 5.75 Å². The van der Waals surface area contributed by atoms with Gasteiger partial charge >= 0.3 is 0 Å². The highest BCUT2D eigenvalue weighted by Crippen LogP contribution is 2.27. The van der Waals surface area contributed by atoms with Crippen molar-refractivity contribution in [1.82, 2.24) is 0 Å². The Bertz CT molecular complexity index is 527. The predicted octanol–water partition coefficient (Wildman–Crippen LogP) is 3.99. The topological polar surface area (TPSA) is 47.3 Å². The normalized spacial score (nSPS) is 10.3. The first-order valence-corrected chi connectivity index (χ1v) is 6.89. The van der Waals surface area contributed by atoms with Gasteiger partial charge in [0.2, 0.25) is 0 Å². The van der Waals surface area contributed by atoms with Gasteiger partial charge in [-0.2, -0.15) is 0 Å². The summed E-state index contributed by atoms with van der Waals surface area (Å²) in [4.78, 5) is 1.19. The number of thiophene rings is 1. The summed E-state index contributed by atoms with van der Waals surface area (Å²) in [6.07, 6.45) is 0. The Morgan fingerprint density at radius 3 is 2.83 bits per heavy atom. The monoisotopic (exact) mass is 282 g/mol. The molecular formula is C13H15ClN2OS. The van der Waals surface area contributed by atoms with Crippen LogP contribution in [-0.4, -0.2) is 6.61 Å². The lowest BCUT2D eigenvalue weighted by molar-refractivity contribution is 0.342. The van der Waals surface area contributed by atoms with Gasteiger partial charge in [-0.15, -0.1) is 11.3 Å². The number of ether oxygens (including phenoxy) is 1. The fourth-order valence-electron chi connectivity index (χ4n) is 1.56. The molecule has 3 nitrogen and oxygen atoms in total. The van der Waals surface area contributed by atoms with Gasteiger partial charge in [0.1, 0.15) is 5.75 Å². The Balaban J connectivity index is 2.03. The van der Waals surface area contributed by atoms with Gasteiger partial charge in [-0.25, -0.2) is 0 Å². The van der Waals surface area contributed by atoms with Crippen molar-refractivity contribution >= 4 is 34.3 Å². The average molecular weight is 283 g/mol. The molecule has 0 aliphatic carbocycles. The highest BCUT2D eigenvalue weighted by Gasteiger charge is 2.02. The van der Waals surface area contributed by atoms with Crippen LogP contribution < -0.4 is 15.8 Å². The van der Waals surface area contributed by atoms with E-state index in [1.165, 1.54) is 4.88 Å². The number of rotatable bonds is 5. The minimum atomic E-state index is 0.605. The van der Waals surface area contributed by atoms with Crippen molar-refractivity contribution in [1.29, 1.82) is 0 Å². The largest absolute Gasteiger partial charge is 0.492 e. The van der Waals surface area contributed by atoms with E-state index in [1.54, 1.807) is 11.3 Å². The van der Waals surface area contributed by atoms with Gasteiger partial charge in [0.25, 0.3) is 0 Å². The van der Waals surface area contributed by atoms with E-state index < -0.39 is 0 Å². The number of nitrogens with two attached hydrogens (primary N) is 1. The van der Waals surface area contributed by atoms with Gasteiger partial charge in [-0.05, 0) is 31.2 Å². The molecule has 1 heterocycles. The van der Waals surface area contributed by atoms with Crippen molar-refractivity contribution in [2.24, 2.45) is 0 Å². The van der Waals surface area contributed by atoms with Crippen LogP contribution in [-0.2, 0) is 6.54 Å². The van der Waals surface area contributed by atoms with E-state index in [2.05, 4.69) is 5.32 Å². The first kappa shape index (κ1) is 13.1. The average Bonchev–Trinajstić information content (AvgIpc) is 2.76. The molecule has 0 aliphatic heterocycles. The third-order valence-electron chi connectivity index (χ3n) is 2.41.